The van der Waals surface area contributed by atoms with Gasteiger partial charge < -0.3 is 10.6 Å². The molecule has 4 nitrogen and oxygen atoms in total. The van der Waals surface area contributed by atoms with Gasteiger partial charge in [-0.25, -0.2) is 0 Å². The van der Waals surface area contributed by atoms with E-state index < -0.39 is 0 Å². The number of para-hydroxylation sites is 1. The molecule has 1 saturated carbocycles. The van der Waals surface area contributed by atoms with Gasteiger partial charge in [-0.15, -0.1) is 0 Å². The van der Waals surface area contributed by atoms with Crippen molar-refractivity contribution in [1.29, 1.82) is 0 Å². The van der Waals surface area contributed by atoms with Gasteiger partial charge >= 0.3 is 0 Å². The molecule has 2 amide bonds. The predicted octanol–water partition coefficient (Wildman–Crippen LogP) is 1.79. The first-order valence-corrected chi connectivity index (χ1v) is 6.29. The van der Waals surface area contributed by atoms with E-state index in [2.05, 4.69) is 10.6 Å². The molecule has 1 atom stereocenters. The standard InChI is InChI=1S/C14H18N2O2/c1-10(11-7-8-11)14(18)15-9-13(17)16-12-5-3-2-4-6-12/h2-6,10-11H,7-9H2,1H3,(H,15,18)(H,16,17). The number of benzene rings is 1. The van der Waals surface area contributed by atoms with Crippen LogP contribution in [0.1, 0.15) is 19.8 Å². The fraction of sp³-hybridized carbons (Fsp3) is 0.429. The molecular formula is C14H18N2O2. The maximum Gasteiger partial charge on any atom is 0.243 e. The molecule has 96 valence electrons. The van der Waals surface area contributed by atoms with Crippen molar-refractivity contribution in [2.45, 2.75) is 19.8 Å². The van der Waals surface area contributed by atoms with E-state index in [0.717, 1.165) is 18.5 Å². The Morgan fingerprint density at radius 1 is 1.28 bits per heavy atom. The first-order chi connectivity index (χ1) is 8.66. The van der Waals surface area contributed by atoms with E-state index in [1.165, 1.54) is 0 Å². The highest BCUT2D eigenvalue weighted by Gasteiger charge is 2.32. The summed E-state index contributed by atoms with van der Waals surface area (Å²) in [6.07, 6.45) is 2.26. The van der Waals surface area contributed by atoms with Gasteiger partial charge in [-0.1, -0.05) is 25.1 Å². The molecule has 0 aromatic heterocycles. The number of nitrogens with one attached hydrogen (secondary N) is 2. The van der Waals surface area contributed by atoms with Crippen LogP contribution >= 0.6 is 0 Å². The predicted molar refractivity (Wildman–Crippen MR) is 70.0 cm³/mol. The molecule has 0 radical (unpaired) electrons. The van der Waals surface area contributed by atoms with Crippen LogP contribution in [0, 0.1) is 11.8 Å². The van der Waals surface area contributed by atoms with Crippen molar-refractivity contribution in [2.24, 2.45) is 11.8 Å². The Morgan fingerprint density at radius 2 is 1.94 bits per heavy atom. The summed E-state index contributed by atoms with van der Waals surface area (Å²) in [4.78, 5) is 23.3. The Balaban J connectivity index is 1.73. The molecule has 1 aromatic rings. The quantitative estimate of drug-likeness (QED) is 0.832. The number of hydrogen-bond donors (Lipinski definition) is 2. The normalized spacial score (nSPS) is 15.8. The van der Waals surface area contributed by atoms with Gasteiger partial charge in [-0.2, -0.15) is 0 Å². The highest BCUT2D eigenvalue weighted by Crippen LogP contribution is 2.36. The summed E-state index contributed by atoms with van der Waals surface area (Å²) in [7, 11) is 0. The average Bonchev–Trinajstić information content (AvgIpc) is 3.20. The fourth-order valence-electron chi connectivity index (χ4n) is 1.87. The van der Waals surface area contributed by atoms with E-state index >= 15 is 0 Å². The summed E-state index contributed by atoms with van der Waals surface area (Å²) < 4.78 is 0. The maximum atomic E-state index is 11.7. The monoisotopic (exact) mass is 246 g/mol. The van der Waals surface area contributed by atoms with Gasteiger partial charge in [0.25, 0.3) is 0 Å². The van der Waals surface area contributed by atoms with Crippen molar-refractivity contribution in [2.75, 3.05) is 11.9 Å². The number of carbonyl (C=O) groups is 2. The topological polar surface area (TPSA) is 58.2 Å². The van der Waals surface area contributed by atoms with E-state index in [1.807, 2.05) is 37.3 Å². The smallest absolute Gasteiger partial charge is 0.243 e. The summed E-state index contributed by atoms with van der Waals surface area (Å²) in [6.45, 7) is 1.95. The molecule has 1 unspecified atom stereocenters. The Kier molecular flexibility index (Phi) is 3.97. The first-order valence-electron chi connectivity index (χ1n) is 6.29. The largest absolute Gasteiger partial charge is 0.347 e. The second kappa shape index (κ2) is 5.67. The number of hydrogen-bond acceptors (Lipinski definition) is 2. The van der Waals surface area contributed by atoms with Crippen LogP contribution in [-0.2, 0) is 9.59 Å². The van der Waals surface area contributed by atoms with Crippen molar-refractivity contribution >= 4 is 17.5 Å². The molecule has 0 spiro atoms. The minimum atomic E-state index is -0.197. The molecule has 2 N–H and O–H groups in total. The molecule has 4 heteroatoms. The zero-order valence-electron chi connectivity index (χ0n) is 10.5. The lowest BCUT2D eigenvalue weighted by Gasteiger charge is -2.11. The third-order valence-electron chi connectivity index (χ3n) is 3.22. The Labute approximate surface area is 107 Å². The second-order valence-electron chi connectivity index (χ2n) is 4.76. The third kappa shape index (κ3) is 3.58. The lowest BCUT2D eigenvalue weighted by atomic mass is 10.1. The third-order valence-corrected chi connectivity index (χ3v) is 3.22. The van der Waals surface area contributed by atoms with Crippen LogP contribution < -0.4 is 10.6 Å². The molecule has 1 fully saturated rings. The van der Waals surface area contributed by atoms with Gasteiger partial charge in [0.15, 0.2) is 0 Å². The van der Waals surface area contributed by atoms with E-state index in [4.69, 9.17) is 0 Å². The zero-order valence-corrected chi connectivity index (χ0v) is 10.5. The number of carbonyl (C=O) groups excluding carboxylic acids is 2. The summed E-state index contributed by atoms with van der Waals surface area (Å²) in [5, 5.41) is 5.40. The van der Waals surface area contributed by atoms with Gasteiger partial charge in [0.05, 0.1) is 6.54 Å². The lowest BCUT2D eigenvalue weighted by molar-refractivity contribution is -0.127. The van der Waals surface area contributed by atoms with Crippen LogP contribution in [-0.4, -0.2) is 18.4 Å². The molecule has 0 heterocycles. The van der Waals surface area contributed by atoms with Crippen molar-refractivity contribution in [3.63, 3.8) is 0 Å². The van der Waals surface area contributed by atoms with Gasteiger partial charge in [0.2, 0.25) is 11.8 Å². The molecule has 1 aliphatic carbocycles. The fourth-order valence-corrected chi connectivity index (χ4v) is 1.87. The SMILES string of the molecule is CC(C(=O)NCC(=O)Nc1ccccc1)C1CC1. The molecule has 0 bridgehead atoms. The molecule has 1 aliphatic rings. The Bertz CT molecular complexity index is 427. The van der Waals surface area contributed by atoms with Crippen molar-refractivity contribution in [3.05, 3.63) is 30.3 Å². The zero-order chi connectivity index (χ0) is 13.0. The van der Waals surface area contributed by atoms with Gasteiger partial charge in [-0.3, -0.25) is 9.59 Å². The summed E-state index contributed by atoms with van der Waals surface area (Å²) >= 11 is 0. The van der Waals surface area contributed by atoms with Crippen LogP contribution in [0.3, 0.4) is 0 Å². The lowest BCUT2D eigenvalue weighted by Crippen LogP contribution is -2.36. The molecule has 2 rings (SSSR count). The van der Waals surface area contributed by atoms with Crippen molar-refractivity contribution in [3.8, 4) is 0 Å². The molecule has 0 saturated heterocycles. The first kappa shape index (κ1) is 12.6. The molecule has 18 heavy (non-hydrogen) atoms. The minimum absolute atomic E-state index is 0.0227. The summed E-state index contributed by atoms with van der Waals surface area (Å²) in [5.41, 5.74) is 0.743. The van der Waals surface area contributed by atoms with Crippen LogP contribution in [0.25, 0.3) is 0 Å². The van der Waals surface area contributed by atoms with Crippen molar-refractivity contribution in [1.82, 2.24) is 5.32 Å². The van der Waals surface area contributed by atoms with E-state index in [-0.39, 0.29) is 24.3 Å². The average molecular weight is 246 g/mol. The van der Waals surface area contributed by atoms with E-state index in [9.17, 15) is 9.59 Å². The summed E-state index contributed by atoms with van der Waals surface area (Å²) in [6, 6.07) is 9.21. The minimum Gasteiger partial charge on any atom is -0.347 e. The summed E-state index contributed by atoms with van der Waals surface area (Å²) in [5.74, 6) is 0.315. The Hall–Kier alpha value is -1.84. The van der Waals surface area contributed by atoms with E-state index in [1.54, 1.807) is 0 Å². The second-order valence-corrected chi connectivity index (χ2v) is 4.76. The molecule has 0 aliphatic heterocycles. The van der Waals surface area contributed by atoms with Gasteiger partial charge in [0.1, 0.15) is 0 Å². The van der Waals surface area contributed by atoms with Gasteiger partial charge in [0, 0.05) is 11.6 Å². The van der Waals surface area contributed by atoms with Crippen molar-refractivity contribution < 1.29 is 9.59 Å². The van der Waals surface area contributed by atoms with E-state index in [0.29, 0.717) is 5.92 Å². The number of amides is 2. The van der Waals surface area contributed by atoms with Crippen LogP contribution in [0.2, 0.25) is 0 Å². The Morgan fingerprint density at radius 3 is 2.56 bits per heavy atom. The molecule has 1 aromatic carbocycles. The van der Waals surface area contributed by atoms with Crippen LogP contribution in [0.4, 0.5) is 5.69 Å². The highest BCUT2D eigenvalue weighted by atomic mass is 16.2. The number of rotatable bonds is 5. The van der Waals surface area contributed by atoms with Crippen LogP contribution in [0.15, 0.2) is 30.3 Å². The maximum absolute atomic E-state index is 11.7. The number of anilines is 1. The molecular weight excluding hydrogens is 228 g/mol. The van der Waals surface area contributed by atoms with Gasteiger partial charge in [-0.05, 0) is 30.9 Å². The highest BCUT2D eigenvalue weighted by molar-refractivity contribution is 5.94. The van der Waals surface area contributed by atoms with Crippen LogP contribution in [0.5, 0.6) is 0 Å².